The number of nitrogens with zero attached hydrogens (tertiary/aromatic N) is 1. The van der Waals surface area contributed by atoms with E-state index < -0.39 is 22.4 Å². The average molecular weight is 302 g/mol. The van der Waals surface area contributed by atoms with Crippen molar-refractivity contribution >= 4 is 11.4 Å². The Morgan fingerprint density at radius 1 is 1.33 bits per heavy atom. The van der Waals surface area contributed by atoms with Gasteiger partial charge in [0.2, 0.25) is 0 Å². The van der Waals surface area contributed by atoms with Gasteiger partial charge in [0, 0.05) is 12.1 Å². The molecule has 1 fully saturated rings. The van der Waals surface area contributed by atoms with Crippen molar-refractivity contribution in [2.24, 2.45) is 5.92 Å². The number of halogens is 3. The molecule has 1 atom stereocenters. The molecule has 1 aliphatic rings. The van der Waals surface area contributed by atoms with Crippen LogP contribution in [0.4, 0.5) is 24.5 Å². The van der Waals surface area contributed by atoms with Gasteiger partial charge >= 0.3 is 6.18 Å². The number of rotatable bonds is 4. The Balaban J connectivity index is 2.24. The van der Waals surface area contributed by atoms with Crippen molar-refractivity contribution in [2.75, 3.05) is 5.32 Å². The Bertz CT molecular complexity index is 525. The summed E-state index contributed by atoms with van der Waals surface area (Å²) >= 11 is 0. The van der Waals surface area contributed by atoms with E-state index in [2.05, 4.69) is 5.32 Å². The number of alkyl halides is 3. The molecule has 0 bridgehead atoms. The maximum Gasteiger partial charge on any atom is 0.416 e. The molecule has 1 aliphatic carbocycles. The maximum atomic E-state index is 12.6. The third-order valence-corrected chi connectivity index (χ3v) is 4.01. The summed E-state index contributed by atoms with van der Waals surface area (Å²) in [5, 5.41) is 14.0. The lowest BCUT2D eigenvalue weighted by Gasteiger charge is -2.21. The third kappa shape index (κ3) is 3.65. The van der Waals surface area contributed by atoms with Crippen LogP contribution in [0, 0.1) is 16.0 Å². The first-order valence-electron chi connectivity index (χ1n) is 6.91. The van der Waals surface area contributed by atoms with E-state index in [9.17, 15) is 23.3 Å². The summed E-state index contributed by atoms with van der Waals surface area (Å²) in [5.74, 6) is 0.409. The summed E-state index contributed by atoms with van der Waals surface area (Å²) in [7, 11) is 0. The first-order chi connectivity index (χ1) is 9.79. The van der Waals surface area contributed by atoms with E-state index >= 15 is 0 Å². The molecule has 1 unspecified atom stereocenters. The second-order valence-electron chi connectivity index (χ2n) is 5.46. The molecule has 2 rings (SSSR count). The maximum absolute atomic E-state index is 12.6. The largest absolute Gasteiger partial charge is 0.416 e. The Labute approximate surface area is 120 Å². The van der Waals surface area contributed by atoms with E-state index in [1.807, 2.05) is 6.92 Å². The van der Waals surface area contributed by atoms with Crippen LogP contribution >= 0.6 is 0 Å². The van der Waals surface area contributed by atoms with E-state index in [1.54, 1.807) is 0 Å². The molecule has 4 nitrogen and oxygen atoms in total. The smallest absolute Gasteiger partial charge is 0.377 e. The molecule has 1 N–H and O–H groups in total. The first kappa shape index (κ1) is 15.6. The highest BCUT2D eigenvalue weighted by atomic mass is 19.4. The van der Waals surface area contributed by atoms with Crippen molar-refractivity contribution < 1.29 is 18.1 Å². The molecule has 7 heteroatoms. The van der Waals surface area contributed by atoms with Crippen molar-refractivity contribution in [3.63, 3.8) is 0 Å². The number of anilines is 1. The fourth-order valence-corrected chi connectivity index (χ4v) is 2.80. The Morgan fingerprint density at radius 3 is 2.48 bits per heavy atom. The molecule has 0 aromatic heterocycles. The van der Waals surface area contributed by atoms with E-state index in [1.165, 1.54) is 0 Å². The van der Waals surface area contributed by atoms with Gasteiger partial charge in [0.15, 0.2) is 0 Å². The van der Waals surface area contributed by atoms with Crippen molar-refractivity contribution in [1.82, 2.24) is 0 Å². The number of hydrogen-bond acceptors (Lipinski definition) is 3. The van der Waals surface area contributed by atoms with Crippen LogP contribution in [0.5, 0.6) is 0 Å². The summed E-state index contributed by atoms with van der Waals surface area (Å²) in [5.41, 5.74) is -1.39. The highest BCUT2D eigenvalue weighted by Crippen LogP contribution is 2.36. The molecule has 1 aromatic carbocycles. The second-order valence-corrected chi connectivity index (χ2v) is 5.46. The molecule has 0 amide bonds. The van der Waals surface area contributed by atoms with Gasteiger partial charge in [-0.3, -0.25) is 10.1 Å². The lowest BCUT2D eigenvalue weighted by molar-refractivity contribution is -0.384. The van der Waals surface area contributed by atoms with Crippen molar-refractivity contribution in [3.05, 3.63) is 33.9 Å². The van der Waals surface area contributed by atoms with Gasteiger partial charge in [-0.05, 0) is 37.8 Å². The molecular weight excluding hydrogens is 285 g/mol. The zero-order valence-corrected chi connectivity index (χ0v) is 11.6. The fraction of sp³-hybridized carbons (Fsp3) is 0.571. The summed E-state index contributed by atoms with van der Waals surface area (Å²) in [4.78, 5) is 10.2. The Hall–Kier alpha value is -1.79. The zero-order valence-electron chi connectivity index (χ0n) is 11.6. The molecule has 0 saturated heterocycles. The van der Waals surface area contributed by atoms with Crippen LogP contribution in [0.3, 0.4) is 0 Å². The molecule has 1 aromatic rings. The van der Waals surface area contributed by atoms with Crippen LogP contribution in [-0.2, 0) is 6.18 Å². The Morgan fingerprint density at radius 2 is 1.95 bits per heavy atom. The molecular formula is C14H17F3N2O2. The number of nitro groups is 1. The molecule has 0 heterocycles. The lowest BCUT2D eigenvalue weighted by Crippen LogP contribution is -2.24. The molecule has 0 aliphatic heterocycles. The van der Waals surface area contributed by atoms with Crippen molar-refractivity contribution in [3.8, 4) is 0 Å². The normalized spacial score (nSPS) is 17.7. The van der Waals surface area contributed by atoms with Crippen molar-refractivity contribution in [1.29, 1.82) is 0 Å². The molecule has 0 radical (unpaired) electrons. The van der Waals surface area contributed by atoms with E-state index in [-0.39, 0.29) is 11.7 Å². The van der Waals surface area contributed by atoms with Gasteiger partial charge in [-0.25, -0.2) is 0 Å². The second kappa shape index (κ2) is 5.91. The van der Waals surface area contributed by atoms with Gasteiger partial charge in [-0.15, -0.1) is 0 Å². The summed E-state index contributed by atoms with van der Waals surface area (Å²) < 4.78 is 37.9. The Kier molecular flexibility index (Phi) is 4.39. The molecule has 1 saturated carbocycles. The number of nitro benzene ring substituents is 1. The highest BCUT2D eigenvalue weighted by molar-refractivity contribution is 5.63. The SMILES string of the molecule is CC(Nc1ccc(C(F)(F)F)cc1[N+](=O)[O-])C1CCCC1. The number of hydrogen-bond donors (Lipinski definition) is 1. The van der Waals surface area contributed by atoms with E-state index in [0.29, 0.717) is 12.0 Å². The van der Waals surface area contributed by atoms with Gasteiger partial charge < -0.3 is 5.32 Å². The van der Waals surface area contributed by atoms with E-state index in [4.69, 9.17) is 0 Å². The van der Waals surface area contributed by atoms with Gasteiger partial charge in [0.05, 0.1) is 10.5 Å². The van der Waals surface area contributed by atoms with Crippen LogP contribution in [0.2, 0.25) is 0 Å². The number of nitrogens with one attached hydrogen (secondary N) is 1. The minimum Gasteiger partial charge on any atom is -0.377 e. The highest BCUT2D eigenvalue weighted by Gasteiger charge is 2.33. The number of benzene rings is 1. The van der Waals surface area contributed by atoms with Crippen LogP contribution in [0.1, 0.15) is 38.2 Å². The summed E-state index contributed by atoms with van der Waals surface area (Å²) in [6.07, 6.45) is -0.233. The third-order valence-electron chi connectivity index (χ3n) is 4.01. The summed E-state index contributed by atoms with van der Waals surface area (Å²) in [6, 6.07) is 2.61. The minimum absolute atomic E-state index is 0.00272. The first-order valence-corrected chi connectivity index (χ1v) is 6.91. The predicted octanol–water partition coefficient (Wildman–Crippen LogP) is 4.60. The standard InChI is InChI=1S/C14H17F3N2O2/c1-9(10-4-2-3-5-10)18-12-7-6-11(14(15,16)17)8-13(12)19(20)21/h6-10,18H,2-5H2,1H3. The quantitative estimate of drug-likeness (QED) is 0.653. The van der Waals surface area contributed by atoms with Crippen LogP contribution in [0.15, 0.2) is 18.2 Å². The minimum atomic E-state index is -4.58. The predicted molar refractivity (Wildman–Crippen MR) is 73.1 cm³/mol. The van der Waals surface area contributed by atoms with Crippen LogP contribution in [-0.4, -0.2) is 11.0 Å². The van der Waals surface area contributed by atoms with Crippen LogP contribution in [0.25, 0.3) is 0 Å². The van der Waals surface area contributed by atoms with Gasteiger partial charge in [-0.1, -0.05) is 12.8 Å². The molecule has 116 valence electrons. The van der Waals surface area contributed by atoms with Crippen LogP contribution < -0.4 is 5.32 Å². The van der Waals surface area contributed by atoms with Gasteiger partial charge in [0.25, 0.3) is 5.69 Å². The van der Waals surface area contributed by atoms with Gasteiger partial charge in [-0.2, -0.15) is 13.2 Å². The zero-order chi connectivity index (χ0) is 15.6. The van der Waals surface area contributed by atoms with E-state index in [0.717, 1.165) is 37.8 Å². The lowest BCUT2D eigenvalue weighted by atomic mass is 9.99. The fourth-order valence-electron chi connectivity index (χ4n) is 2.80. The van der Waals surface area contributed by atoms with Gasteiger partial charge in [0.1, 0.15) is 5.69 Å². The molecule has 0 spiro atoms. The van der Waals surface area contributed by atoms with Crippen molar-refractivity contribution in [2.45, 2.75) is 44.8 Å². The summed E-state index contributed by atoms with van der Waals surface area (Å²) in [6.45, 7) is 1.91. The average Bonchev–Trinajstić information content (AvgIpc) is 2.91. The molecule has 21 heavy (non-hydrogen) atoms. The topological polar surface area (TPSA) is 55.2 Å². The monoisotopic (exact) mass is 302 g/mol.